The third-order valence-electron chi connectivity index (χ3n) is 3.51. The molecular formula is C16H26O4S. The maximum atomic E-state index is 11.9. The van der Waals surface area contributed by atoms with Crippen LogP contribution in [-0.2, 0) is 16.3 Å². The first kappa shape index (κ1) is 18.1. The van der Waals surface area contributed by atoms with Gasteiger partial charge in [0.1, 0.15) is 0 Å². The summed E-state index contributed by atoms with van der Waals surface area (Å²) in [5.74, 6) is 0.161. The highest BCUT2D eigenvalue weighted by Gasteiger charge is 2.16. The van der Waals surface area contributed by atoms with Crippen molar-refractivity contribution in [3.05, 3.63) is 29.8 Å². The zero-order valence-electron chi connectivity index (χ0n) is 12.8. The van der Waals surface area contributed by atoms with Crippen molar-refractivity contribution in [1.29, 1.82) is 0 Å². The number of hydrogen-bond donors (Lipinski definition) is 2. The van der Waals surface area contributed by atoms with E-state index in [0.29, 0.717) is 30.6 Å². The minimum Gasteiger partial charge on any atom is -0.390 e. The Balaban J connectivity index is 2.59. The van der Waals surface area contributed by atoms with Crippen molar-refractivity contribution in [2.45, 2.75) is 63.1 Å². The predicted octanol–water partition coefficient (Wildman–Crippen LogP) is 2.32. The zero-order valence-corrected chi connectivity index (χ0v) is 13.6. The average molecular weight is 314 g/mol. The van der Waals surface area contributed by atoms with Crippen molar-refractivity contribution in [1.82, 2.24) is 0 Å². The number of sulfone groups is 1. The molecule has 0 aromatic heterocycles. The molecule has 0 heterocycles. The molecule has 0 bridgehead atoms. The summed E-state index contributed by atoms with van der Waals surface area (Å²) in [5, 5.41) is 19.5. The van der Waals surface area contributed by atoms with Crippen LogP contribution in [0.4, 0.5) is 0 Å². The minimum absolute atomic E-state index is 0.161. The van der Waals surface area contributed by atoms with E-state index in [9.17, 15) is 18.6 Å². The molecule has 2 N–H and O–H groups in total. The van der Waals surface area contributed by atoms with Crippen LogP contribution >= 0.6 is 0 Å². The molecule has 0 amide bonds. The van der Waals surface area contributed by atoms with Crippen LogP contribution in [0.5, 0.6) is 0 Å². The fourth-order valence-electron chi connectivity index (χ4n) is 2.25. The van der Waals surface area contributed by atoms with Crippen LogP contribution in [0.15, 0.2) is 29.2 Å². The van der Waals surface area contributed by atoms with E-state index >= 15 is 0 Å². The summed E-state index contributed by atoms with van der Waals surface area (Å²) in [5.41, 5.74) is 0.966. The SMILES string of the molecule is CCCC(O)C(O)CCc1ccc(S(=O)(=O)CCC)cc1. The van der Waals surface area contributed by atoms with Gasteiger partial charge in [-0.05, 0) is 43.4 Å². The normalized spacial score (nSPS) is 14.9. The van der Waals surface area contributed by atoms with Crippen molar-refractivity contribution in [2.24, 2.45) is 0 Å². The molecule has 0 saturated carbocycles. The highest BCUT2D eigenvalue weighted by Crippen LogP contribution is 2.16. The molecule has 0 aliphatic heterocycles. The zero-order chi connectivity index (χ0) is 15.9. The van der Waals surface area contributed by atoms with E-state index < -0.39 is 22.0 Å². The quantitative estimate of drug-likeness (QED) is 0.733. The number of aliphatic hydroxyl groups excluding tert-OH is 2. The number of aliphatic hydroxyl groups is 2. The number of benzene rings is 1. The summed E-state index contributed by atoms with van der Waals surface area (Å²) in [4.78, 5) is 0.347. The Morgan fingerprint density at radius 1 is 0.952 bits per heavy atom. The molecule has 1 aromatic carbocycles. The third kappa shape index (κ3) is 5.77. The fraction of sp³-hybridized carbons (Fsp3) is 0.625. The van der Waals surface area contributed by atoms with Crippen LogP contribution in [0.1, 0.15) is 45.1 Å². The molecule has 2 atom stereocenters. The Kier molecular flexibility index (Phi) is 7.35. The molecule has 0 saturated heterocycles. The molecule has 1 aromatic rings. The Labute approximate surface area is 127 Å². The fourth-order valence-corrected chi connectivity index (χ4v) is 3.57. The minimum atomic E-state index is -3.17. The third-order valence-corrected chi connectivity index (χ3v) is 5.45. The second kappa shape index (κ2) is 8.51. The second-order valence-corrected chi connectivity index (χ2v) is 7.53. The monoisotopic (exact) mass is 314 g/mol. The molecule has 5 heteroatoms. The van der Waals surface area contributed by atoms with Crippen molar-refractivity contribution in [2.75, 3.05) is 5.75 Å². The molecule has 0 spiro atoms. The maximum Gasteiger partial charge on any atom is 0.178 e. The van der Waals surface area contributed by atoms with Gasteiger partial charge in [0.15, 0.2) is 9.84 Å². The molecule has 4 nitrogen and oxygen atoms in total. The van der Waals surface area contributed by atoms with Gasteiger partial charge in [-0.3, -0.25) is 0 Å². The van der Waals surface area contributed by atoms with Crippen LogP contribution in [0.2, 0.25) is 0 Å². The topological polar surface area (TPSA) is 74.6 Å². The van der Waals surface area contributed by atoms with Gasteiger partial charge in [-0.15, -0.1) is 0 Å². The van der Waals surface area contributed by atoms with Gasteiger partial charge in [0.25, 0.3) is 0 Å². The van der Waals surface area contributed by atoms with Crippen molar-refractivity contribution >= 4 is 9.84 Å². The van der Waals surface area contributed by atoms with E-state index in [-0.39, 0.29) is 5.75 Å². The van der Waals surface area contributed by atoms with Gasteiger partial charge in [0.2, 0.25) is 0 Å². The second-order valence-electron chi connectivity index (χ2n) is 5.42. The van der Waals surface area contributed by atoms with Crippen LogP contribution < -0.4 is 0 Å². The molecule has 2 unspecified atom stereocenters. The van der Waals surface area contributed by atoms with Gasteiger partial charge >= 0.3 is 0 Å². The van der Waals surface area contributed by atoms with Gasteiger partial charge in [-0.25, -0.2) is 8.42 Å². The highest BCUT2D eigenvalue weighted by molar-refractivity contribution is 7.91. The van der Waals surface area contributed by atoms with E-state index in [4.69, 9.17) is 0 Å². The molecular weight excluding hydrogens is 288 g/mol. The summed E-state index contributed by atoms with van der Waals surface area (Å²) in [7, 11) is -3.17. The number of rotatable bonds is 9. The number of aryl methyl sites for hydroxylation is 1. The molecule has 120 valence electrons. The number of hydrogen-bond acceptors (Lipinski definition) is 4. The maximum absolute atomic E-state index is 11.9. The van der Waals surface area contributed by atoms with Crippen LogP contribution in [0.25, 0.3) is 0 Å². The Hall–Kier alpha value is -0.910. The van der Waals surface area contributed by atoms with E-state index in [1.165, 1.54) is 0 Å². The standard InChI is InChI=1S/C16H26O4S/c1-3-5-15(17)16(18)11-8-13-6-9-14(10-7-13)21(19,20)12-4-2/h6-7,9-10,15-18H,3-5,8,11-12H2,1-2H3. The molecule has 0 aliphatic carbocycles. The van der Waals surface area contributed by atoms with Gasteiger partial charge in [0.05, 0.1) is 22.9 Å². The van der Waals surface area contributed by atoms with Crippen LogP contribution in [0, 0.1) is 0 Å². The Morgan fingerprint density at radius 3 is 2.05 bits per heavy atom. The van der Waals surface area contributed by atoms with Crippen LogP contribution in [-0.4, -0.2) is 36.6 Å². The van der Waals surface area contributed by atoms with E-state index in [1.807, 2.05) is 13.8 Å². The summed E-state index contributed by atoms with van der Waals surface area (Å²) < 4.78 is 23.8. The highest BCUT2D eigenvalue weighted by atomic mass is 32.2. The first-order chi connectivity index (χ1) is 9.90. The molecule has 21 heavy (non-hydrogen) atoms. The largest absolute Gasteiger partial charge is 0.390 e. The Morgan fingerprint density at radius 2 is 1.52 bits per heavy atom. The lowest BCUT2D eigenvalue weighted by Crippen LogP contribution is -2.26. The Bertz CT molecular complexity index is 508. The van der Waals surface area contributed by atoms with Gasteiger partial charge < -0.3 is 10.2 Å². The van der Waals surface area contributed by atoms with Crippen LogP contribution in [0.3, 0.4) is 0 Å². The first-order valence-electron chi connectivity index (χ1n) is 7.58. The van der Waals surface area contributed by atoms with Crippen molar-refractivity contribution in [3.8, 4) is 0 Å². The lowest BCUT2D eigenvalue weighted by atomic mass is 10.0. The lowest BCUT2D eigenvalue weighted by Gasteiger charge is -2.17. The smallest absolute Gasteiger partial charge is 0.178 e. The summed E-state index contributed by atoms with van der Waals surface area (Å²) in [6.07, 6.45) is 1.72. The van der Waals surface area contributed by atoms with Crippen molar-refractivity contribution in [3.63, 3.8) is 0 Å². The van der Waals surface area contributed by atoms with Gasteiger partial charge in [-0.1, -0.05) is 32.4 Å². The molecule has 0 radical (unpaired) electrons. The summed E-state index contributed by atoms with van der Waals surface area (Å²) in [6.45, 7) is 3.81. The van der Waals surface area contributed by atoms with E-state index in [0.717, 1.165) is 12.0 Å². The van der Waals surface area contributed by atoms with Gasteiger partial charge in [0, 0.05) is 0 Å². The van der Waals surface area contributed by atoms with Crippen molar-refractivity contribution < 1.29 is 18.6 Å². The van der Waals surface area contributed by atoms with E-state index in [1.54, 1.807) is 24.3 Å². The molecule has 0 aliphatic rings. The van der Waals surface area contributed by atoms with Gasteiger partial charge in [-0.2, -0.15) is 0 Å². The lowest BCUT2D eigenvalue weighted by molar-refractivity contribution is 0.00981. The first-order valence-corrected chi connectivity index (χ1v) is 9.23. The summed E-state index contributed by atoms with van der Waals surface area (Å²) >= 11 is 0. The molecule has 1 rings (SSSR count). The average Bonchev–Trinajstić information content (AvgIpc) is 2.45. The van der Waals surface area contributed by atoms with E-state index in [2.05, 4.69) is 0 Å². The predicted molar refractivity (Wildman–Crippen MR) is 84.0 cm³/mol. The summed E-state index contributed by atoms with van der Waals surface area (Å²) in [6, 6.07) is 6.80. The molecule has 0 fully saturated rings.